The molecule has 0 aromatic heterocycles. The lowest BCUT2D eigenvalue weighted by Crippen LogP contribution is -2.36. The first-order valence-corrected chi connectivity index (χ1v) is 5.96. The van der Waals surface area contributed by atoms with E-state index in [1.54, 1.807) is 0 Å². The Morgan fingerprint density at radius 1 is 1.67 bits per heavy atom. The van der Waals surface area contributed by atoms with Crippen LogP contribution in [0.5, 0.6) is 0 Å². The maximum absolute atomic E-state index is 13.9. The molecular formula is C12H13BrFN. The van der Waals surface area contributed by atoms with Crippen LogP contribution in [0.2, 0.25) is 0 Å². The third-order valence-corrected chi connectivity index (χ3v) is 4.30. The van der Waals surface area contributed by atoms with Crippen LogP contribution in [-0.2, 0) is 11.9 Å². The lowest BCUT2D eigenvalue weighted by atomic mass is 9.86. The molecule has 15 heavy (non-hydrogen) atoms. The van der Waals surface area contributed by atoms with Crippen LogP contribution in [0.4, 0.5) is 4.39 Å². The van der Waals surface area contributed by atoms with E-state index in [9.17, 15) is 4.39 Å². The minimum absolute atomic E-state index is 0.0561. The molecule has 0 bridgehead atoms. The summed E-state index contributed by atoms with van der Waals surface area (Å²) in [4.78, 5) is 0. The number of rotatable bonds is 0. The van der Waals surface area contributed by atoms with Gasteiger partial charge < -0.3 is 5.32 Å². The lowest BCUT2D eigenvalue weighted by molar-refractivity contribution is 0.393. The number of benzene rings is 1. The Morgan fingerprint density at radius 3 is 3.07 bits per heavy atom. The second kappa shape index (κ2) is 3.05. The molecule has 1 heterocycles. The van der Waals surface area contributed by atoms with Gasteiger partial charge in [-0.05, 0) is 23.3 Å². The molecule has 1 spiro atoms. The predicted molar refractivity (Wildman–Crippen MR) is 61.6 cm³/mol. The monoisotopic (exact) mass is 270 g/mol. The third-order valence-electron chi connectivity index (χ3n) is 3.80. The number of fused-ring (bicyclic) bond motifs is 2. The molecule has 1 nitrogen and oxygen atoms in total. The van der Waals surface area contributed by atoms with Crippen molar-refractivity contribution in [2.24, 2.45) is 5.92 Å². The smallest absolute Gasteiger partial charge is 0.115 e. The molecule has 3 heteroatoms. The SMILES string of the molecule is [2H]C1NC[C@]2(c3cc(Br)ccc31)[C@H](C)[C@@H]2F. The topological polar surface area (TPSA) is 12.0 Å². The van der Waals surface area contributed by atoms with E-state index in [2.05, 4.69) is 21.2 Å². The first kappa shape index (κ1) is 8.71. The second-order valence-corrected chi connectivity index (χ2v) is 5.40. The average molecular weight is 271 g/mol. The maximum atomic E-state index is 13.9. The Labute approximate surface area is 98.6 Å². The van der Waals surface area contributed by atoms with Gasteiger partial charge in [0, 0.05) is 30.2 Å². The summed E-state index contributed by atoms with van der Waals surface area (Å²) in [7, 11) is 0. The summed E-state index contributed by atoms with van der Waals surface area (Å²) in [6.45, 7) is 2.10. The molecule has 1 aromatic carbocycles. The number of halogens is 2. The molecule has 1 fully saturated rings. The molecule has 0 radical (unpaired) electrons. The molecule has 80 valence electrons. The quantitative estimate of drug-likeness (QED) is 0.765. The first-order valence-electron chi connectivity index (χ1n) is 5.75. The summed E-state index contributed by atoms with van der Waals surface area (Å²) < 4.78 is 22.7. The second-order valence-electron chi connectivity index (χ2n) is 4.49. The van der Waals surface area contributed by atoms with E-state index in [1.165, 1.54) is 0 Å². The molecule has 1 saturated carbocycles. The van der Waals surface area contributed by atoms with Gasteiger partial charge in [-0.15, -0.1) is 0 Å². The van der Waals surface area contributed by atoms with E-state index < -0.39 is 12.7 Å². The van der Waals surface area contributed by atoms with Crippen LogP contribution in [0.1, 0.15) is 19.4 Å². The van der Waals surface area contributed by atoms with Crippen molar-refractivity contribution in [1.29, 1.82) is 0 Å². The van der Waals surface area contributed by atoms with E-state index in [1.807, 2.05) is 25.1 Å². The summed E-state index contributed by atoms with van der Waals surface area (Å²) in [5.74, 6) is 0.0561. The molecule has 1 aliphatic heterocycles. The van der Waals surface area contributed by atoms with Crippen LogP contribution in [0.3, 0.4) is 0 Å². The van der Waals surface area contributed by atoms with Crippen molar-refractivity contribution in [3.63, 3.8) is 0 Å². The van der Waals surface area contributed by atoms with Crippen LogP contribution in [0.15, 0.2) is 22.7 Å². The molecule has 1 unspecified atom stereocenters. The van der Waals surface area contributed by atoms with E-state index in [0.717, 1.165) is 15.6 Å². The number of nitrogens with one attached hydrogen (secondary N) is 1. The van der Waals surface area contributed by atoms with E-state index in [0.29, 0.717) is 6.54 Å². The first-order chi connectivity index (χ1) is 7.57. The van der Waals surface area contributed by atoms with E-state index in [4.69, 9.17) is 1.37 Å². The molecule has 1 aliphatic carbocycles. The van der Waals surface area contributed by atoms with E-state index in [-0.39, 0.29) is 11.3 Å². The van der Waals surface area contributed by atoms with Crippen LogP contribution in [0, 0.1) is 5.92 Å². The van der Waals surface area contributed by atoms with E-state index >= 15 is 0 Å². The Balaban J connectivity index is 2.17. The minimum atomic E-state index is -0.777. The van der Waals surface area contributed by atoms with Gasteiger partial charge in [0.05, 0.1) is 0 Å². The summed E-state index contributed by atoms with van der Waals surface area (Å²) >= 11 is 3.43. The van der Waals surface area contributed by atoms with Gasteiger partial charge in [0.15, 0.2) is 0 Å². The molecule has 2 aliphatic rings. The normalized spacial score (nSPS) is 43.7. The molecular weight excluding hydrogens is 257 g/mol. The van der Waals surface area contributed by atoms with Gasteiger partial charge in [-0.3, -0.25) is 0 Å². The van der Waals surface area contributed by atoms with Crippen molar-refractivity contribution < 1.29 is 5.76 Å². The summed E-state index contributed by atoms with van der Waals surface area (Å²) in [6.07, 6.45) is -0.777. The van der Waals surface area contributed by atoms with Gasteiger partial charge in [0.1, 0.15) is 6.17 Å². The van der Waals surface area contributed by atoms with Gasteiger partial charge in [0.25, 0.3) is 0 Å². The predicted octanol–water partition coefficient (Wildman–Crippen LogP) is 2.78. The molecule has 4 atom stereocenters. The highest BCUT2D eigenvalue weighted by atomic mass is 79.9. The number of hydrogen-bond donors (Lipinski definition) is 1. The number of hydrogen-bond acceptors (Lipinski definition) is 1. The van der Waals surface area contributed by atoms with Gasteiger partial charge in [0.2, 0.25) is 0 Å². The van der Waals surface area contributed by atoms with Gasteiger partial charge in [-0.2, -0.15) is 0 Å². The fourth-order valence-corrected chi connectivity index (χ4v) is 3.07. The summed E-state index contributed by atoms with van der Waals surface area (Å²) in [5, 5.41) is 3.08. The molecule has 0 saturated heterocycles. The summed E-state index contributed by atoms with van der Waals surface area (Å²) in [6, 6.07) is 5.82. The van der Waals surface area contributed by atoms with Crippen LogP contribution >= 0.6 is 15.9 Å². The van der Waals surface area contributed by atoms with Crippen LogP contribution in [-0.4, -0.2) is 12.7 Å². The minimum Gasteiger partial charge on any atom is -0.312 e. The molecule has 1 aromatic rings. The zero-order chi connectivity index (χ0) is 11.5. The van der Waals surface area contributed by atoms with Crippen molar-refractivity contribution in [2.75, 3.05) is 6.54 Å². The van der Waals surface area contributed by atoms with Crippen molar-refractivity contribution in [1.82, 2.24) is 5.32 Å². The molecule has 3 rings (SSSR count). The van der Waals surface area contributed by atoms with Crippen molar-refractivity contribution in [2.45, 2.75) is 25.0 Å². The van der Waals surface area contributed by atoms with Crippen LogP contribution < -0.4 is 5.32 Å². The van der Waals surface area contributed by atoms with Crippen molar-refractivity contribution >= 4 is 15.9 Å². The highest BCUT2D eigenvalue weighted by molar-refractivity contribution is 9.10. The lowest BCUT2D eigenvalue weighted by Gasteiger charge is -2.27. The van der Waals surface area contributed by atoms with Gasteiger partial charge in [-0.25, -0.2) is 4.39 Å². The van der Waals surface area contributed by atoms with Gasteiger partial charge in [-0.1, -0.05) is 28.9 Å². The Kier molecular flexibility index (Phi) is 1.77. The van der Waals surface area contributed by atoms with Gasteiger partial charge >= 0.3 is 0 Å². The Bertz CT molecular complexity index is 443. The Morgan fingerprint density at radius 2 is 2.40 bits per heavy atom. The largest absolute Gasteiger partial charge is 0.312 e. The standard InChI is InChI=1S/C12H13BrFN/c1-7-11(14)12(7)6-15-5-8-2-3-9(13)4-10(8)12/h2-4,7,11,15H,5-6H2,1H3/t7-,11+,12-/m1/s1/i5D/t5?,7-,11+,12-. The molecule has 1 N–H and O–H groups in total. The van der Waals surface area contributed by atoms with Crippen molar-refractivity contribution in [3.05, 3.63) is 33.8 Å². The fraction of sp³-hybridized carbons (Fsp3) is 0.500. The average Bonchev–Trinajstić information content (AvgIpc) is 2.78. The summed E-state index contributed by atoms with van der Waals surface area (Å²) in [5.41, 5.74) is 1.55. The fourth-order valence-electron chi connectivity index (χ4n) is 2.71. The zero-order valence-corrected chi connectivity index (χ0v) is 10.0. The third kappa shape index (κ3) is 1.16. The maximum Gasteiger partial charge on any atom is 0.115 e. The Hall–Kier alpha value is -0.410. The van der Waals surface area contributed by atoms with Crippen LogP contribution in [0.25, 0.3) is 0 Å². The zero-order valence-electron chi connectivity index (χ0n) is 9.43. The highest BCUT2D eigenvalue weighted by Gasteiger charge is 2.65. The van der Waals surface area contributed by atoms with Crippen molar-refractivity contribution in [3.8, 4) is 0 Å². The molecule has 0 amide bonds. The highest BCUT2D eigenvalue weighted by Crippen LogP contribution is 2.58. The number of alkyl halides is 1.